The van der Waals surface area contributed by atoms with Crippen molar-refractivity contribution >= 4 is 10.9 Å². The molecular weight excluding hydrogens is 286 g/mol. The van der Waals surface area contributed by atoms with Gasteiger partial charge in [0.2, 0.25) is 0 Å². The van der Waals surface area contributed by atoms with E-state index in [1.54, 1.807) is 13.2 Å². The molecule has 0 atom stereocenters. The van der Waals surface area contributed by atoms with E-state index >= 15 is 0 Å². The Labute approximate surface area is 135 Å². The van der Waals surface area contributed by atoms with Gasteiger partial charge in [-0.2, -0.15) is 5.26 Å². The molecule has 1 aromatic carbocycles. The maximum atomic E-state index is 9.03. The largest absolute Gasteiger partial charge is 0.497 e. The van der Waals surface area contributed by atoms with Gasteiger partial charge in [0.05, 0.1) is 7.11 Å². The summed E-state index contributed by atoms with van der Waals surface area (Å²) < 4.78 is 5.31. The van der Waals surface area contributed by atoms with Crippen molar-refractivity contribution in [1.29, 1.82) is 5.26 Å². The lowest BCUT2D eigenvalue weighted by Crippen LogP contribution is -1.98. The first-order chi connectivity index (χ1) is 11.1. The molecule has 3 aromatic rings. The Bertz CT molecular complexity index is 887. The molecule has 0 aliphatic carbocycles. The molecule has 0 amide bonds. The highest BCUT2D eigenvalue weighted by Gasteiger charge is 2.15. The van der Waals surface area contributed by atoms with Crippen molar-refractivity contribution < 1.29 is 4.74 Å². The lowest BCUT2D eigenvalue weighted by atomic mass is 9.99. The number of benzene rings is 1. The van der Waals surface area contributed by atoms with Crippen LogP contribution in [-0.2, 0) is 6.42 Å². The number of nitriles is 1. The standard InChI is InChI=1S/C19H19N3O/c1-12(2)19-17(9-13-5-4-6-14(11-20)21-13)16-8-7-15(23-3)10-18(16)22-19/h4-8,10,12,22H,9H2,1-3H3. The average Bonchev–Trinajstić information content (AvgIpc) is 2.93. The van der Waals surface area contributed by atoms with Crippen LogP contribution in [0.25, 0.3) is 10.9 Å². The van der Waals surface area contributed by atoms with Crippen LogP contribution in [0.3, 0.4) is 0 Å². The number of H-pyrrole nitrogens is 1. The Morgan fingerprint density at radius 1 is 1.26 bits per heavy atom. The normalized spacial score (nSPS) is 10.9. The minimum Gasteiger partial charge on any atom is -0.497 e. The number of fused-ring (bicyclic) bond motifs is 1. The zero-order valence-electron chi connectivity index (χ0n) is 13.6. The molecule has 1 N–H and O–H groups in total. The molecule has 2 heterocycles. The van der Waals surface area contributed by atoms with Gasteiger partial charge in [-0.05, 0) is 35.7 Å². The van der Waals surface area contributed by atoms with Crippen molar-refractivity contribution in [2.24, 2.45) is 0 Å². The summed E-state index contributed by atoms with van der Waals surface area (Å²) in [6, 6.07) is 13.8. The van der Waals surface area contributed by atoms with E-state index in [-0.39, 0.29) is 0 Å². The van der Waals surface area contributed by atoms with E-state index in [1.165, 1.54) is 16.6 Å². The van der Waals surface area contributed by atoms with Crippen molar-refractivity contribution in [3.05, 3.63) is 59.0 Å². The first kappa shape index (κ1) is 15.1. The third-order valence-electron chi connectivity index (χ3n) is 4.00. The fourth-order valence-electron chi connectivity index (χ4n) is 2.89. The van der Waals surface area contributed by atoms with Crippen LogP contribution in [0.1, 0.15) is 42.4 Å². The van der Waals surface area contributed by atoms with Crippen LogP contribution in [0.2, 0.25) is 0 Å². The Kier molecular flexibility index (Phi) is 4.03. The molecule has 0 fully saturated rings. The van der Waals surface area contributed by atoms with Gasteiger partial charge in [0, 0.05) is 34.8 Å². The predicted molar refractivity (Wildman–Crippen MR) is 90.7 cm³/mol. The van der Waals surface area contributed by atoms with Crippen LogP contribution < -0.4 is 4.74 Å². The van der Waals surface area contributed by atoms with E-state index in [1.807, 2.05) is 24.3 Å². The quantitative estimate of drug-likeness (QED) is 0.787. The molecule has 0 saturated heterocycles. The van der Waals surface area contributed by atoms with Crippen molar-refractivity contribution in [2.75, 3.05) is 7.11 Å². The van der Waals surface area contributed by atoms with Gasteiger partial charge in [0.25, 0.3) is 0 Å². The number of nitrogens with one attached hydrogen (secondary N) is 1. The molecule has 0 bridgehead atoms. The molecule has 2 aromatic heterocycles. The summed E-state index contributed by atoms with van der Waals surface area (Å²) in [4.78, 5) is 7.92. The van der Waals surface area contributed by atoms with Gasteiger partial charge in [-0.3, -0.25) is 0 Å². The summed E-state index contributed by atoms with van der Waals surface area (Å²) in [5.41, 5.74) is 4.87. The molecule has 0 spiro atoms. The molecule has 23 heavy (non-hydrogen) atoms. The minimum absolute atomic E-state index is 0.377. The zero-order chi connectivity index (χ0) is 16.4. The molecule has 4 nitrogen and oxygen atoms in total. The van der Waals surface area contributed by atoms with Gasteiger partial charge in [0.1, 0.15) is 17.5 Å². The Morgan fingerprint density at radius 3 is 2.78 bits per heavy atom. The number of aromatic nitrogens is 2. The molecular formula is C19H19N3O. The third-order valence-corrected chi connectivity index (χ3v) is 4.00. The predicted octanol–water partition coefficient (Wildman–Crippen LogP) is 4.16. The number of hydrogen-bond donors (Lipinski definition) is 1. The van der Waals surface area contributed by atoms with Gasteiger partial charge in [-0.1, -0.05) is 19.9 Å². The highest BCUT2D eigenvalue weighted by Crippen LogP contribution is 2.31. The third kappa shape index (κ3) is 2.91. The maximum Gasteiger partial charge on any atom is 0.140 e. The maximum absolute atomic E-state index is 9.03. The summed E-state index contributed by atoms with van der Waals surface area (Å²) in [7, 11) is 1.67. The second-order valence-electron chi connectivity index (χ2n) is 5.89. The van der Waals surface area contributed by atoms with Crippen LogP contribution in [0.5, 0.6) is 5.75 Å². The molecule has 3 rings (SSSR count). The van der Waals surface area contributed by atoms with Crippen LogP contribution in [-0.4, -0.2) is 17.1 Å². The smallest absolute Gasteiger partial charge is 0.140 e. The number of hydrogen-bond acceptors (Lipinski definition) is 3. The van der Waals surface area contributed by atoms with Gasteiger partial charge < -0.3 is 9.72 Å². The SMILES string of the molecule is COc1ccc2c(Cc3cccc(C#N)n3)c(C(C)C)[nH]c2c1. The van der Waals surface area contributed by atoms with Gasteiger partial charge >= 0.3 is 0 Å². The van der Waals surface area contributed by atoms with E-state index in [4.69, 9.17) is 10.00 Å². The van der Waals surface area contributed by atoms with E-state index < -0.39 is 0 Å². The summed E-state index contributed by atoms with van der Waals surface area (Å²) >= 11 is 0. The molecule has 0 aliphatic heterocycles. The molecule has 0 unspecified atom stereocenters. The molecule has 4 heteroatoms. The second kappa shape index (κ2) is 6.13. The second-order valence-corrected chi connectivity index (χ2v) is 5.89. The first-order valence-corrected chi connectivity index (χ1v) is 7.67. The number of pyridine rings is 1. The van der Waals surface area contributed by atoms with Gasteiger partial charge in [0.15, 0.2) is 0 Å². The molecule has 0 saturated carbocycles. The van der Waals surface area contributed by atoms with Gasteiger partial charge in [-0.15, -0.1) is 0 Å². The number of methoxy groups -OCH3 is 1. The number of ether oxygens (including phenoxy) is 1. The summed E-state index contributed by atoms with van der Waals surface area (Å²) in [5.74, 6) is 1.22. The van der Waals surface area contributed by atoms with E-state index in [2.05, 4.69) is 36.0 Å². The van der Waals surface area contributed by atoms with E-state index in [9.17, 15) is 0 Å². The lowest BCUT2D eigenvalue weighted by molar-refractivity contribution is 0.415. The van der Waals surface area contributed by atoms with E-state index in [0.29, 0.717) is 18.0 Å². The Hall–Kier alpha value is -2.80. The summed E-state index contributed by atoms with van der Waals surface area (Å²) in [6.45, 7) is 4.34. The molecule has 0 radical (unpaired) electrons. The first-order valence-electron chi connectivity index (χ1n) is 7.67. The molecule has 0 aliphatic rings. The number of nitrogens with zero attached hydrogens (tertiary/aromatic N) is 2. The van der Waals surface area contributed by atoms with Crippen LogP contribution in [0.4, 0.5) is 0 Å². The number of rotatable bonds is 4. The van der Waals surface area contributed by atoms with Crippen molar-refractivity contribution in [3.63, 3.8) is 0 Å². The lowest BCUT2D eigenvalue weighted by Gasteiger charge is -2.08. The Morgan fingerprint density at radius 2 is 2.09 bits per heavy atom. The highest BCUT2D eigenvalue weighted by molar-refractivity contribution is 5.86. The van der Waals surface area contributed by atoms with Crippen LogP contribution in [0.15, 0.2) is 36.4 Å². The zero-order valence-corrected chi connectivity index (χ0v) is 13.6. The van der Waals surface area contributed by atoms with E-state index in [0.717, 1.165) is 17.0 Å². The minimum atomic E-state index is 0.377. The average molecular weight is 305 g/mol. The fraction of sp³-hybridized carbons (Fsp3) is 0.263. The topological polar surface area (TPSA) is 61.7 Å². The van der Waals surface area contributed by atoms with Crippen molar-refractivity contribution in [1.82, 2.24) is 9.97 Å². The fourth-order valence-corrected chi connectivity index (χ4v) is 2.89. The number of aromatic amines is 1. The Balaban J connectivity index is 2.11. The summed E-state index contributed by atoms with van der Waals surface area (Å²) in [5, 5.41) is 10.2. The summed E-state index contributed by atoms with van der Waals surface area (Å²) in [6.07, 6.45) is 0.704. The highest BCUT2D eigenvalue weighted by atomic mass is 16.5. The van der Waals surface area contributed by atoms with Gasteiger partial charge in [-0.25, -0.2) is 4.98 Å². The van der Waals surface area contributed by atoms with Crippen molar-refractivity contribution in [3.8, 4) is 11.8 Å². The van der Waals surface area contributed by atoms with Crippen LogP contribution in [0, 0.1) is 11.3 Å². The molecule has 116 valence electrons. The van der Waals surface area contributed by atoms with Crippen molar-refractivity contribution in [2.45, 2.75) is 26.2 Å². The monoisotopic (exact) mass is 305 g/mol. The van der Waals surface area contributed by atoms with Crippen LogP contribution >= 0.6 is 0 Å².